The fraction of sp³-hybridized carbons (Fsp3) is 0.409. The molecule has 0 fully saturated rings. The molecule has 26 heavy (non-hydrogen) atoms. The van der Waals surface area contributed by atoms with E-state index in [1.54, 1.807) is 12.2 Å². The summed E-state index contributed by atoms with van der Waals surface area (Å²) < 4.78 is 0. The van der Waals surface area contributed by atoms with Crippen molar-refractivity contribution in [3.05, 3.63) is 72.6 Å². The van der Waals surface area contributed by atoms with Crippen LogP contribution in [-0.4, -0.2) is 11.1 Å². The number of aliphatic hydroxyl groups excluding tert-OH is 1. The first-order valence-electron chi connectivity index (χ1n) is 9.12. The topological polar surface area (TPSA) is 60.4 Å². The van der Waals surface area contributed by atoms with Crippen LogP contribution >= 0.6 is 0 Å². The van der Waals surface area contributed by atoms with Gasteiger partial charge in [0.2, 0.25) is 0 Å². The number of carboxylic acid groups (broad SMARTS) is 1. The van der Waals surface area contributed by atoms with E-state index in [1.807, 2.05) is 30.4 Å². The van der Waals surface area contributed by atoms with E-state index < -0.39 is 11.7 Å². The van der Waals surface area contributed by atoms with Crippen molar-refractivity contribution in [2.75, 3.05) is 0 Å². The van der Waals surface area contributed by atoms with Gasteiger partial charge >= 0.3 is 29.6 Å². The van der Waals surface area contributed by atoms with Crippen LogP contribution in [0.2, 0.25) is 0 Å². The summed E-state index contributed by atoms with van der Waals surface area (Å²) in [5.74, 6) is -2.37. The standard InChI is InChI=1S/C22H32O3.Na/c1-2-3-4-5-6-7-8-9-10-11-12-13-14-15-16-17-18-19-20-21(23)22(24)25;/h10-20,23H,2-9H2,1H3,(H,24,25);/q;+1/p-1. The smallest absolute Gasteiger partial charge is 0.542 e. The fourth-order valence-electron chi connectivity index (χ4n) is 2.06. The third-order valence-corrected chi connectivity index (χ3v) is 3.46. The molecule has 138 valence electrons. The van der Waals surface area contributed by atoms with Crippen molar-refractivity contribution < 1.29 is 44.6 Å². The van der Waals surface area contributed by atoms with Crippen LogP contribution in [0.4, 0.5) is 0 Å². The SMILES string of the molecule is CCCCCCCCCC=CC=CC=CC=CC=CC=C(O)C(=O)[O-].[Na+]. The Hall–Kier alpha value is -1.29. The molecule has 0 atom stereocenters. The van der Waals surface area contributed by atoms with Crippen LogP contribution in [0.3, 0.4) is 0 Å². The Morgan fingerprint density at radius 2 is 1.23 bits per heavy atom. The van der Waals surface area contributed by atoms with Crippen molar-refractivity contribution in [1.82, 2.24) is 0 Å². The summed E-state index contributed by atoms with van der Waals surface area (Å²) in [7, 11) is 0. The van der Waals surface area contributed by atoms with Gasteiger partial charge < -0.3 is 15.0 Å². The first kappa shape index (κ1) is 26.9. The van der Waals surface area contributed by atoms with Crippen LogP contribution in [0.15, 0.2) is 72.6 Å². The maximum Gasteiger partial charge on any atom is 1.00 e. The van der Waals surface area contributed by atoms with Gasteiger partial charge in [0.05, 0.1) is 0 Å². The molecule has 3 nitrogen and oxygen atoms in total. The number of rotatable bonds is 14. The number of aliphatic carboxylic acids is 1. The Kier molecular flexibility index (Phi) is 22.5. The summed E-state index contributed by atoms with van der Waals surface area (Å²) in [6, 6.07) is 0. The normalized spacial score (nSPS) is 12.9. The minimum Gasteiger partial charge on any atom is -0.542 e. The third-order valence-electron chi connectivity index (χ3n) is 3.46. The summed E-state index contributed by atoms with van der Waals surface area (Å²) in [5.41, 5.74) is 0. The number of carbonyl (C=O) groups is 1. The van der Waals surface area contributed by atoms with E-state index in [2.05, 4.69) is 19.1 Å². The predicted molar refractivity (Wildman–Crippen MR) is 104 cm³/mol. The second-order valence-corrected chi connectivity index (χ2v) is 5.72. The van der Waals surface area contributed by atoms with Crippen molar-refractivity contribution in [3.63, 3.8) is 0 Å². The second-order valence-electron chi connectivity index (χ2n) is 5.72. The molecule has 0 aliphatic heterocycles. The Balaban J connectivity index is 0. The van der Waals surface area contributed by atoms with Crippen LogP contribution in [0, 0.1) is 0 Å². The molecule has 0 heterocycles. The van der Waals surface area contributed by atoms with Gasteiger partial charge in [0.15, 0.2) is 0 Å². The molecule has 0 radical (unpaired) electrons. The summed E-state index contributed by atoms with van der Waals surface area (Å²) in [6.45, 7) is 2.24. The Labute approximate surface area is 180 Å². The maximum atomic E-state index is 10.2. The molecule has 4 heteroatoms. The average molecular weight is 366 g/mol. The van der Waals surface area contributed by atoms with Gasteiger partial charge in [0, 0.05) is 0 Å². The zero-order valence-electron chi connectivity index (χ0n) is 16.3. The number of carbonyl (C=O) groups excluding carboxylic acids is 1. The number of aliphatic hydroxyl groups is 1. The molecule has 0 aliphatic carbocycles. The Bertz CT molecular complexity index is 511. The molecule has 0 aromatic carbocycles. The van der Waals surface area contributed by atoms with Gasteiger partial charge in [0.25, 0.3) is 0 Å². The molecular weight excluding hydrogens is 335 g/mol. The number of hydrogen-bond acceptors (Lipinski definition) is 3. The van der Waals surface area contributed by atoms with Gasteiger partial charge in [0.1, 0.15) is 11.7 Å². The van der Waals surface area contributed by atoms with Crippen molar-refractivity contribution >= 4 is 5.97 Å². The molecular formula is C22H31NaO3. The van der Waals surface area contributed by atoms with Gasteiger partial charge in [-0.25, -0.2) is 0 Å². The number of allylic oxidation sites excluding steroid dienone is 11. The van der Waals surface area contributed by atoms with Gasteiger partial charge in [-0.2, -0.15) is 0 Å². The van der Waals surface area contributed by atoms with E-state index in [9.17, 15) is 9.90 Å². The first-order chi connectivity index (χ1) is 12.2. The van der Waals surface area contributed by atoms with E-state index in [0.717, 1.165) is 12.5 Å². The Morgan fingerprint density at radius 3 is 1.77 bits per heavy atom. The van der Waals surface area contributed by atoms with E-state index in [1.165, 1.54) is 51.0 Å². The maximum absolute atomic E-state index is 10.2. The van der Waals surface area contributed by atoms with Crippen molar-refractivity contribution in [1.29, 1.82) is 0 Å². The summed E-state index contributed by atoms with van der Waals surface area (Å²) >= 11 is 0. The zero-order valence-corrected chi connectivity index (χ0v) is 18.3. The largest absolute Gasteiger partial charge is 1.00 e. The molecule has 0 aromatic heterocycles. The summed E-state index contributed by atoms with van der Waals surface area (Å²) in [4.78, 5) is 10.2. The fourth-order valence-corrected chi connectivity index (χ4v) is 2.06. The quantitative estimate of drug-likeness (QED) is 0.168. The molecule has 0 aromatic rings. The Morgan fingerprint density at radius 1 is 0.769 bits per heavy atom. The number of unbranched alkanes of at least 4 members (excludes halogenated alkanes) is 7. The van der Waals surface area contributed by atoms with Gasteiger partial charge in [-0.15, -0.1) is 0 Å². The molecule has 0 amide bonds. The molecule has 0 bridgehead atoms. The van der Waals surface area contributed by atoms with Crippen LogP contribution in [0.25, 0.3) is 0 Å². The number of hydrogen-bond donors (Lipinski definition) is 1. The summed E-state index contributed by atoms with van der Waals surface area (Å²) in [6.07, 6.45) is 30.2. The minimum atomic E-state index is -1.58. The van der Waals surface area contributed by atoms with Gasteiger partial charge in [-0.05, 0) is 18.9 Å². The minimum absolute atomic E-state index is 0. The van der Waals surface area contributed by atoms with Crippen molar-refractivity contribution in [2.24, 2.45) is 0 Å². The van der Waals surface area contributed by atoms with Crippen molar-refractivity contribution in [3.8, 4) is 0 Å². The molecule has 1 N–H and O–H groups in total. The second kappa shape index (κ2) is 21.8. The van der Waals surface area contributed by atoms with Crippen molar-refractivity contribution in [2.45, 2.75) is 58.3 Å². The predicted octanol–water partition coefficient (Wildman–Crippen LogP) is 2.10. The summed E-state index contributed by atoms with van der Waals surface area (Å²) in [5, 5.41) is 19.1. The molecule has 0 saturated carbocycles. The van der Waals surface area contributed by atoms with E-state index >= 15 is 0 Å². The number of carboxylic acids is 1. The van der Waals surface area contributed by atoms with Crippen LogP contribution in [0.5, 0.6) is 0 Å². The molecule has 0 aliphatic rings. The molecule has 0 saturated heterocycles. The molecule has 0 unspecified atom stereocenters. The van der Waals surface area contributed by atoms with Crippen LogP contribution in [-0.2, 0) is 4.79 Å². The average Bonchev–Trinajstić information content (AvgIpc) is 2.60. The van der Waals surface area contributed by atoms with Crippen LogP contribution in [0.1, 0.15) is 58.3 Å². The third kappa shape index (κ3) is 20.8. The molecule has 0 rings (SSSR count). The van der Waals surface area contributed by atoms with Gasteiger partial charge in [-0.3, -0.25) is 0 Å². The first-order valence-corrected chi connectivity index (χ1v) is 9.12. The monoisotopic (exact) mass is 366 g/mol. The van der Waals surface area contributed by atoms with Crippen LogP contribution < -0.4 is 34.7 Å². The van der Waals surface area contributed by atoms with E-state index in [-0.39, 0.29) is 29.6 Å². The van der Waals surface area contributed by atoms with E-state index in [0.29, 0.717) is 0 Å². The zero-order chi connectivity index (χ0) is 18.6. The molecule has 0 spiro atoms. The van der Waals surface area contributed by atoms with Gasteiger partial charge in [-0.1, -0.05) is 106 Å². The van der Waals surface area contributed by atoms with E-state index in [4.69, 9.17) is 5.11 Å².